The van der Waals surface area contributed by atoms with Gasteiger partial charge in [0, 0.05) is 6.04 Å². The van der Waals surface area contributed by atoms with Gasteiger partial charge in [0.15, 0.2) is 0 Å². The van der Waals surface area contributed by atoms with E-state index in [4.69, 9.17) is 5.26 Å². The summed E-state index contributed by atoms with van der Waals surface area (Å²) in [4.78, 5) is 0. The van der Waals surface area contributed by atoms with Gasteiger partial charge >= 0.3 is 0 Å². The van der Waals surface area contributed by atoms with Gasteiger partial charge in [-0.2, -0.15) is 5.26 Å². The first-order chi connectivity index (χ1) is 7.52. The smallest absolute Gasteiger partial charge is 0.101 e. The van der Waals surface area contributed by atoms with E-state index in [9.17, 15) is 5.11 Å². The summed E-state index contributed by atoms with van der Waals surface area (Å²) in [5.74, 6) is 0. The number of benzene rings is 1. The fourth-order valence-electron chi connectivity index (χ4n) is 1.71. The summed E-state index contributed by atoms with van der Waals surface area (Å²) in [6, 6.07) is 7.99. The first-order valence-electron chi connectivity index (χ1n) is 5.48. The standard InChI is InChI=1S/C13H18N2O/c1-9-4-5-12(8-14)13(6-9)15-10(2)7-11(3)16/h4-6,10-11,15-16H,7H2,1-3H3. The molecule has 0 aliphatic heterocycles. The average molecular weight is 218 g/mol. The van der Waals surface area contributed by atoms with E-state index >= 15 is 0 Å². The minimum Gasteiger partial charge on any atom is -0.393 e. The van der Waals surface area contributed by atoms with E-state index in [2.05, 4.69) is 11.4 Å². The van der Waals surface area contributed by atoms with Crippen molar-refractivity contribution in [2.45, 2.75) is 39.3 Å². The van der Waals surface area contributed by atoms with Gasteiger partial charge in [0.1, 0.15) is 6.07 Å². The molecule has 0 bridgehead atoms. The summed E-state index contributed by atoms with van der Waals surface area (Å²) in [6.07, 6.45) is 0.330. The molecule has 0 saturated carbocycles. The Bertz CT molecular complexity index is 393. The van der Waals surface area contributed by atoms with Gasteiger partial charge < -0.3 is 10.4 Å². The number of aryl methyl sites for hydroxylation is 1. The zero-order chi connectivity index (χ0) is 12.1. The number of anilines is 1. The van der Waals surface area contributed by atoms with Crippen LogP contribution in [0, 0.1) is 18.3 Å². The van der Waals surface area contributed by atoms with Gasteiger partial charge in [0.05, 0.1) is 17.4 Å². The first kappa shape index (κ1) is 12.5. The number of aliphatic hydroxyl groups excluding tert-OH is 1. The molecule has 1 aromatic rings. The minimum atomic E-state index is -0.335. The monoisotopic (exact) mass is 218 g/mol. The molecule has 3 nitrogen and oxygen atoms in total. The van der Waals surface area contributed by atoms with E-state index in [1.807, 2.05) is 32.0 Å². The summed E-state index contributed by atoms with van der Waals surface area (Å²) < 4.78 is 0. The molecule has 0 spiro atoms. The Kier molecular flexibility index (Phi) is 4.33. The highest BCUT2D eigenvalue weighted by molar-refractivity contribution is 5.59. The van der Waals surface area contributed by atoms with Crippen molar-refractivity contribution in [1.82, 2.24) is 0 Å². The van der Waals surface area contributed by atoms with E-state index in [1.54, 1.807) is 6.92 Å². The van der Waals surface area contributed by atoms with Crippen LogP contribution in [0.1, 0.15) is 31.4 Å². The molecule has 2 atom stereocenters. The molecule has 2 N–H and O–H groups in total. The molecule has 1 aromatic carbocycles. The number of aliphatic hydroxyl groups is 1. The molecule has 86 valence electrons. The third kappa shape index (κ3) is 3.56. The highest BCUT2D eigenvalue weighted by Gasteiger charge is 2.08. The van der Waals surface area contributed by atoms with Crippen LogP contribution < -0.4 is 5.32 Å². The molecule has 1 rings (SSSR count). The van der Waals surface area contributed by atoms with Crippen molar-refractivity contribution in [3.63, 3.8) is 0 Å². The molecule has 2 unspecified atom stereocenters. The van der Waals surface area contributed by atoms with Gasteiger partial charge in [-0.1, -0.05) is 6.07 Å². The zero-order valence-corrected chi connectivity index (χ0v) is 9.99. The lowest BCUT2D eigenvalue weighted by Gasteiger charge is -2.17. The lowest BCUT2D eigenvalue weighted by molar-refractivity contribution is 0.179. The Morgan fingerprint density at radius 1 is 1.44 bits per heavy atom. The Hall–Kier alpha value is -1.53. The van der Waals surface area contributed by atoms with Crippen LogP contribution in [0.5, 0.6) is 0 Å². The van der Waals surface area contributed by atoms with Crippen molar-refractivity contribution in [3.05, 3.63) is 29.3 Å². The predicted octanol–water partition coefficient (Wildman–Crippen LogP) is 2.44. The van der Waals surface area contributed by atoms with Crippen LogP contribution >= 0.6 is 0 Å². The van der Waals surface area contributed by atoms with Crippen LogP contribution in [0.4, 0.5) is 5.69 Å². The van der Waals surface area contributed by atoms with Crippen LogP contribution in [-0.4, -0.2) is 17.3 Å². The Morgan fingerprint density at radius 3 is 2.69 bits per heavy atom. The summed E-state index contributed by atoms with van der Waals surface area (Å²) in [5, 5.41) is 21.5. The highest BCUT2D eigenvalue weighted by Crippen LogP contribution is 2.18. The average Bonchev–Trinajstić information content (AvgIpc) is 2.16. The number of nitrogens with one attached hydrogen (secondary N) is 1. The lowest BCUT2D eigenvalue weighted by Crippen LogP contribution is -2.21. The van der Waals surface area contributed by atoms with Crippen molar-refractivity contribution in [2.24, 2.45) is 0 Å². The van der Waals surface area contributed by atoms with Crippen LogP contribution in [0.25, 0.3) is 0 Å². The second-order valence-corrected chi connectivity index (χ2v) is 4.29. The van der Waals surface area contributed by atoms with E-state index in [1.165, 1.54) is 0 Å². The number of hydrogen-bond donors (Lipinski definition) is 2. The number of rotatable bonds is 4. The quantitative estimate of drug-likeness (QED) is 0.816. The summed E-state index contributed by atoms with van der Waals surface area (Å²) >= 11 is 0. The highest BCUT2D eigenvalue weighted by atomic mass is 16.3. The van der Waals surface area contributed by atoms with Crippen molar-refractivity contribution in [3.8, 4) is 6.07 Å². The maximum atomic E-state index is 9.28. The summed E-state index contributed by atoms with van der Waals surface area (Å²) in [5.41, 5.74) is 2.60. The van der Waals surface area contributed by atoms with Crippen molar-refractivity contribution >= 4 is 5.69 Å². The molecule has 0 saturated heterocycles. The maximum Gasteiger partial charge on any atom is 0.101 e. The molecule has 16 heavy (non-hydrogen) atoms. The van der Waals surface area contributed by atoms with E-state index in [0.29, 0.717) is 12.0 Å². The number of hydrogen-bond acceptors (Lipinski definition) is 3. The van der Waals surface area contributed by atoms with Gasteiger partial charge in [0.25, 0.3) is 0 Å². The Labute approximate surface area is 96.7 Å². The molecule has 3 heteroatoms. The van der Waals surface area contributed by atoms with Crippen LogP contribution in [0.15, 0.2) is 18.2 Å². The number of nitrogens with zero attached hydrogens (tertiary/aromatic N) is 1. The van der Waals surface area contributed by atoms with Crippen molar-refractivity contribution in [2.75, 3.05) is 5.32 Å². The van der Waals surface area contributed by atoms with Crippen molar-refractivity contribution < 1.29 is 5.11 Å². The van der Waals surface area contributed by atoms with Gasteiger partial charge in [-0.25, -0.2) is 0 Å². The first-order valence-corrected chi connectivity index (χ1v) is 5.48. The van der Waals surface area contributed by atoms with Crippen LogP contribution in [-0.2, 0) is 0 Å². The third-order valence-electron chi connectivity index (χ3n) is 2.39. The Morgan fingerprint density at radius 2 is 2.12 bits per heavy atom. The molecule has 0 aromatic heterocycles. The number of nitriles is 1. The molecular formula is C13H18N2O. The summed E-state index contributed by atoms with van der Waals surface area (Å²) in [7, 11) is 0. The van der Waals surface area contributed by atoms with Crippen molar-refractivity contribution in [1.29, 1.82) is 5.26 Å². The maximum absolute atomic E-state index is 9.28. The summed E-state index contributed by atoms with van der Waals surface area (Å²) in [6.45, 7) is 5.75. The van der Waals surface area contributed by atoms with Gasteiger partial charge in [-0.15, -0.1) is 0 Å². The van der Waals surface area contributed by atoms with Gasteiger partial charge in [-0.05, 0) is 44.9 Å². The largest absolute Gasteiger partial charge is 0.393 e. The van der Waals surface area contributed by atoms with E-state index < -0.39 is 0 Å². The van der Waals surface area contributed by atoms with Crippen LogP contribution in [0.2, 0.25) is 0 Å². The zero-order valence-electron chi connectivity index (χ0n) is 9.99. The molecule has 0 fully saturated rings. The fraction of sp³-hybridized carbons (Fsp3) is 0.462. The molecular weight excluding hydrogens is 200 g/mol. The second-order valence-electron chi connectivity index (χ2n) is 4.29. The second kappa shape index (κ2) is 5.53. The fourth-order valence-corrected chi connectivity index (χ4v) is 1.71. The third-order valence-corrected chi connectivity index (χ3v) is 2.39. The Balaban J connectivity index is 2.80. The van der Waals surface area contributed by atoms with Gasteiger partial charge in [0.2, 0.25) is 0 Å². The molecule has 0 heterocycles. The van der Waals surface area contributed by atoms with E-state index in [-0.39, 0.29) is 12.1 Å². The lowest BCUT2D eigenvalue weighted by atomic mass is 10.1. The van der Waals surface area contributed by atoms with Gasteiger partial charge in [-0.3, -0.25) is 0 Å². The molecule has 0 amide bonds. The molecule has 0 aliphatic rings. The minimum absolute atomic E-state index is 0.147. The van der Waals surface area contributed by atoms with E-state index in [0.717, 1.165) is 11.3 Å². The van der Waals surface area contributed by atoms with Crippen LogP contribution in [0.3, 0.4) is 0 Å². The normalized spacial score (nSPS) is 13.9. The predicted molar refractivity (Wildman–Crippen MR) is 65.3 cm³/mol. The molecule has 0 aliphatic carbocycles. The SMILES string of the molecule is Cc1ccc(C#N)c(NC(C)CC(C)O)c1. The molecule has 0 radical (unpaired) electrons. The topological polar surface area (TPSA) is 56.0 Å².